The number of amides is 1. The molecule has 1 aliphatic heterocycles. The van der Waals surface area contributed by atoms with Crippen molar-refractivity contribution >= 4 is 5.91 Å². The quantitative estimate of drug-likeness (QED) is 0.702. The first-order valence-electron chi connectivity index (χ1n) is 9.98. The maximum Gasteiger partial charge on any atom is 0.272 e. The Morgan fingerprint density at radius 3 is 2.31 bits per heavy atom. The van der Waals surface area contributed by atoms with Crippen molar-refractivity contribution in [1.82, 2.24) is 19.8 Å². The Labute approximate surface area is 171 Å². The Balaban J connectivity index is 1.42. The van der Waals surface area contributed by atoms with Crippen LogP contribution >= 0.6 is 0 Å². The molecule has 1 amide bonds. The first-order chi connectivity index (χ1) is 14.2. The van der Waals surface area contributed by atoms with E-state index in [1.54, 1.807) is 6.20 Å². The van der Waals surface area contributed by atoms with Crippen molar-refractivity contribution < 1.29 is 9.53 Å². The third-order valence-corrected chi connectivity index (χ3v) is 5.31. The summed E-state index contributed by atoms with van der Waals surface area (Å²) in [4.78, 5) is 24.2. The molecule has 6 heteroatoms. The molecule has 150 valence electrons. The van der Waals surface area contributed by atoms with Crippen LogP contribution in [-0.4, -0.2) is 58.5 Å². The molecule has 4 rings (SSSR count). The predicted molar refractivity (Wildman–Crippen MR) is 112 cm³/mol. The number of aromatic nitrogens is 2. The Kier molecular flexibility index (Phi) is 5.91. The Bertz CT molecular complexity index is 918. The first-order valence-corrected chi connectivity index (χ1v) is 9.98. The molecule has 0 spiro atoms. The second-order valence-electron chi connectivity index (χ2n) is 7.26. The summed E-state index contributed by atoms with van der Waals surface area (Å²) in [6.07, 6.45) is 1.62. The summed E-state index contributed by atoms with van der Waals surface area (Å²) in [5.74, 6) is 1.65. The first kappa shape index (κ1) is 19.2. The van der Waals surface area contributed by atoms with Gasteiger partial charge in [-0.15, -0.1) is 0 Å². The number of piperazine rings is 1. The average molecular weight is 390 g/mol. The molecule has 0 bridgehead atoms. The SMILES string of the molecule is Cc1ncc(C(=O)N2CCN(C(COc3ccccc3)c3ccccc3)CC2)[nH]1. The molecule has 0 saturated carbocycles. The highest BCUT2D eigenvalue weighted by Crippen LogP contribution is 2.24. The number of ether oxygens (including phenoxy) is 1. The number of aryl methyl sites for hydroxylation is 1. The molecule has 2 aromatic carbocycles. The number of para-hydroxylation sites is 1. The Morgan fingerprint density at radius 1 is 1.03 bits per heavy atom. The molecule has 1 aliphatic rings. The number of hydrogen-bond donors (Lipinski definition) is 1. The van der Waals surface area contributed by atoms with Gasteiger partial charge in [0, 0.05) is 26.2 Å². The van der Waals surface area contributed by atoms with Gasteiger partial charge in [-0.25, -0.2) is 4.98 Å². The second kappa shape index (κ2) is 8.92. The van der Waals surface area contributed by atoms with Gasteiger partial charge >= 0.3 is 0 Å². The number of H-pyrrole nitrogens is 1. The monoisotopic (exact) mass is 390 g/mol. The summed E-state index contributed by atoms with van der Waals surface area (Å²) in [5, 5.41) is 0. The van der Waals surface area contributed by atoms with Crippen LogP contribution in [0.4, 0.5) is 0 Å². The van der Waals surface area contributed by atoms with E-state index in [1.165, 1.54) is 5.56 Å². The molecule has 3 aromatic rings. The highest BCUT2D eigenvalue weighted by atomic mass is 16.5. The lowest BCUT2D eigenvalue weighted by Crippen LogP contribution is -2.50. The van der Waals surface area contributed by atoms with E-state index in [-0.39, 0.29) is 11.9 Å². The van der Waals surface area contributed by atoms with Gasteiger partial charge in [-0.3, -0.25) is 9.69 Å². The second-order valence-corrected chi connectivity index (χ2v) is 7.26. The van der Waals surface area contributed by atoms with Gasteiger partial charge in [-0.2, -0.15) is 0 Å². The van der Waals surface area contributed by atoms with Crippen LogP contribution in [0.1, 0.15) is 27.9 Å². The van der Waals surface area contributed by atoms with E-state index >= 15 is 0 Å². The van der Waals surface area contributed by atoms with Gasteiger partial charge in [-0.05, 0) is 24.6 Å². The van der Waals surface area contributed by atoms with E-state index in [4.69, 9.17) is 4.74 Å². The fourth-order valence-corrected chi connectivity index (χ4v) is 3.72. The summed E-state index contributed by atoms with van der Waals surface area (Å²) in [5.41, 5.74) is 1.79. The molecule has 0 aliphatic carbocycles. The van der Waals surface area contributed by atoms with E-state index in [2.05, 4.69) is 39.1 Å². The molecular weight excluding hydrogens is 364 g/mol. The number of carbonyl (C=O) groups excluding carboxylic acids is 1. The molecule has 1 atom stereocenters. The zero-order valence-corrected chi connectivity index (χ0v) is 16.6. The summed E-state index contributed by atoms with van der Waals surface area (Å²) >= 11 is 0. The number of benzene rings is 2. The predicted octanol–water partition coefficient (Wildman–Crippen LogP) is 3.30. The van der Waals surface area contributed by atoms with Gasteiger partial charge < -0.3 is 14.6 Å². The molecule has 2 heterocycles. The minimum absolute atomic E-state index is 0.0158. The zero-order chi connectivity index (χ0) is 20.1. The van der Waals surface area contributed by atoms with Crippen LogP contribution in [-0.2, 0) is 0 Å². The van der Waals surface area contributed by atoms with Crippen molar-refractivity contribution in [2.24, 2.45) is 0 Å². The number of hydrogen-bond acceptors (Lipinski definition) is 4. The van der Waals surface area contributed by atoms with E-state index in [0.717, 1.165) is 24.7 Å². The number of nitrogens with zero attached hydrogens (tertiary/aromatic N) is 3. The summed E-state index contributed by atoms with van der Waals surface area (Å²) in [6, 6.07) is 20.5. The van der Waals surface area contributed by atoms with Crippen molar-refractivity contribution in [2.75, 3.05) is 32.8 Å². The molecule has 29 heavy (non-hydrogen) atoms. The lowest BCUT2D eigenvalue weighted by molar-refractivity contribution is 0.0495. The van der Waals surface area contributed by atoms with Crippen molar-refractivity contribution in [3.05, 3.63) is 83.9 Å². The third-order valence-electron chi connectivity index (χ3n) is 5.31. The number of rotatable bonds is 6. The number of aromatic amines is 1. The van der Waals surface area contributed by atoms with E-state index in [0.29, 0.717) is 25.4 Å². The number of imidazole rings is 1. The van der Waals surface area contributed by atoms with Crippen LogP contribution in [0.25, 0.3) is 0 Å². The van der Waals surface area contributed by atoms with Gasteiger partial charge in [0.1, 0.15) is 23.9 Å². The molecule has 1 fully saturated rings. The lowest BCUT2D eigenvalue weighted by Gasteiger charge is -2.39. The van der Waals surface area contributed by atoms with Crippen LogP contribution < -0.4 is 4.74 Å². The van der Waals surface area contributed by atoms with Gasteiger partial charge in [-0.1, -0.05) is 48.5 Å². The molecule has 1 saturated heterocycles. The third kappa shape index (κ3) is 4.66. The van der Waals surface area contributed by atoms with E-state index < -0.39 is 0 Å². The lowest BCUT2D eigenvalue weighted by atomic mass is 10.0. The van der Waals surface area contributed by atoms with Crippen LogP contribution in [0, 0.1) is 6.92 Å². The van der Waals surface area contributed by atoms with Crippen LogP contribution in [0.5, 0.6) is 5.75 Å². The maximum atomic E-state index is 12.7. The fraction of sp³-hybridized carbons (Fsp3) is 0.304. The van der Waals surface area contributed by atoms with Crippen LogP contribution in [0.2, 0.25) is 0 Å². The minimum Gasteiger partial charge on any atom is -0.492 e. The van der Waals surface area contributed by atoms with E-state index in [1.807, 2.05) is 48.2 Å². The molecular formula is C23H26N4O2. The molecule has 1 N–H and O–H groups in total. The summed E-state index contributed by atoms with van der Waals surface area (Å²) in [6.45, 7) is 5.40. The zero-order valence-electron chi connectivity index (χ0n) is 16.6. The Hall–Kier alpha value is -3.12. The number of carbonyl (C=O) groups is 1. The largest absolute Gasteiger partial charge is 0.492 e. The molecule has 6 nitrogen and oxygen atoms in total. The van der Waals surface area contributed by atoms with Gasteiger partial charge in [0.2, 0.25) is 0 Å². The summed E-state index contributed by atoms with van der Waals surface area (Å²) in [7, 11) is 0. The highest BCUT2D eigenvalue weighted by molar-refractivity contribution is 5.92. The van der Waals surface area contributed by atoms with Crippen LogP contribution in [0.3, 0.4) is 0 Å². The van der Waals surface area contributed by atoms with E-state index in [9.17, 15) is 4.79 Å². The van der Waals surface area contributed by atoms with Gasteiger partial charge in [0.25, 0.3) is 5.91 Å². The van der Waals surface area contributed by atoms with Crippen molar-refractivity contribution in [2.45, 2.75) is 13.0 Å². The molecule has 1 aromatic heterocycles. The topological polar surface area (TPSA) is 61.5 Å². The smallest absolute Gasteiger partial charge is 0.272 e. The molecule has 1 unspecified atom stereocenters. The van der Waals surface area contributed by atoms with Crippen LogP contribution in [0.15, 0.2) is 66.9 Å². The van der Waals surface area contributed by atoms with Gasteiger partial charge in [0.15, 0.2) is 0 Å². The minimum atomic E-state index is 0.0158. The number of nitrogens with one attached hydrogen (secondary N) is 1. The van der Waals surface area contributed by atoms with Crippen molar-refractivity contribution in [1.29, 1.82) is 0 Å². The Morgan fingerprint density at radius 2 is 1.69 bits per heavy atom. The highest BCUT2D eigenvalue weighted by Gasteiger charge is 2.28. The maximum absolute atomic E-state index is 12.7. The van der Waals surface area contributed by atoms with Crippen molar-refractivity contribution in [3.8, 4) is 5.75 Å². The fourth-order valence-electron chi connectivity index (χ4n) is 3.72. The van der Waals surface area contributed by atoms with Gasteiger partial charge in [0.05, 0.1) is 12.2 Å². The van der Waals surface area contributed by atoms with Crippen molar-refractivity contribution in [3.63, 3.8) is 0 Å². The summed E-state index contributed by atoms with van der Waals surface area (Å²) < 4.78 is 6.09. The average Bonchev–Trinajstić information content (AvgIpc) is 3.22. The normalized spacial score (nSPS) is 15.8. The standard InChI is InChI=1S/C23H26N4O2/c1-18-24-16-21(25-18)23(28)27-14-12-26(13-15-27)22(19-8-4-2-5-9-19)17-29-20-10-6-3-7-11-20/h2-11,16,22H,12-15,17H2,1H3,(H,24,25). The molecule has 0 radical (unpaired) electrons.